The second-order valence-corrected chi connectivity index (χ2v) is 5.61. The smallest absolute Gasteiger partial charge is 0.0465 e. The van der Waals surface area contributed by atoms with E-state index in [0.717, 1.165) is 22.8 Å². The minimum Gasteiger partial charge on any atom is -0.360 e. The number of nitrogens with two attached hydrogens (primary N) is 1. The molecule has 1 aliphatic rings. The molecule has 0 unspecified atom stereocenters. The lowest BCUT2D eigenvalue weighted by Crippen LogP contribution is -2.32. The van der Waals surface area contributed by atoms with Crippen LogP contribution in [0.1, 0.15) is 31.2 Å². The third-order valence-electron chi connectivity index (χ3n) is 3.70. The molecule has 1 saturated carbocycles. The Bertz CT molecular complexity index is 524. The van der Waals surface area contributed by atoms with Gasteiger partial charge in [0.05, 0.1) is 0 Å². The normalized spacial score (nSPS) is 19.4. The fraction of sp³-hybridized carbons (Fsp3) is 0.385. The first-order chi connectivity index (χ1) is 7.69. The molecule has 3 N–H and O–H groups in total. The number of hydrogen-bond acceptors (Lipinski definition) is 1. The van der Waals surface area contributed by atoms with Crippen LogP contribution in [0.15, 0.2) is 28.9 Å². The Hall–Kier alpha value is -0.800. The van der Waals surface area contributed by atoms with Crippen molar-refractivity contribution >= 4 is 26.8 Å². The Balaban J connectivity index is 2.13. The van der Waals surface area contributed by atoms with Crippen molar-refractivity contribution in [3.63, 3.8) is 0 Å². The van der Waals surface area contributed by atoms with Crippen molar-refractivity contribution in [2.24, 2.45) is 5.73 Å². The Kier molecular flexibility index (Phi) is 2.33. The summed E-state index contributed by atoms with van der Waals surface area (Å²) in [6, 6.07) is 6.51. The van der Waals surface area contributed by atoms with Gasteiger partial charge in [-0.2, -0.15) is 0 Å². The molecular formula is C13H15BrN2. The van der Waals surface area contributed by atoms with Crippen molar-refractivity contribution in [2.45, 2.75) is 31.2 Å². The number of fused-ring (bicyclic) bond motifs is 1. The average molecular weight is 279 g/mol. The van der Waals surface area contributed by atoms with Crippen molar-refractivity contribution in [3.8, 4) is 0 Å². The van der Waals surface area contributed by atoms with Crippen LogP contribution in [0.5, 0.6) is 0 Å². The number of H-pyrrole nitrogens is 1. The summed E-state index contributed by atoms with van der Waals surface area (Å²) < 4.78 is 1.12. The van der Waals surface area contributed by atoms with Crippen LogP contribution in [0.25, 0.3) is 10.9 Å². The minimum atomic E-state index is -0.0924. The van der Waals surface area contributed by atoms with Crippen molar-refractivity contribution in [1.29, 1.82) is 0 Å². The molecule has 16 heavy (non-hydrogen) atoms. The molecule has 0 saturated heterocycles. The molecule has 1 fully saturated rings. The molecule has 0 atom stereocenters. The summed E-state index contributed by atoms with van der Waals surface area (Å²) in [6.45, 7) is 0. The molecule has 3 rings (SSSR count). The maximum Gasteiger partial charge on any atom is 0.0465 e. The standard InChI is InChI=1S/C13H15BrN2/c14-11-8-16-12-4-3-9(7-10(11)12)13(15)5-1-2-6-13/h3-4,7-8,16H,1-2,5-6,15H2. The van der Waals surface area contributed by atoms with Crippen LogP contribution in [0, 0.1) is 0 Å². The third kappa shape index (κ3) is 1.50. The molecular weight excluding hydrogens is 264 g/mol. The number of aromatic nitrogens is 1. The number of hydrogen-bond donors (Lipinski definition) is 2. The maximum absolute atomic E-state index is 6.46. The van der Waals surface area contributed by atoms with Crippen LogP contribution >= 0.6 is 15.9 Å². The van der Waals surface area contributed by atoms with Gasteiger partial charge in [0.1, 0.15) is 0 Å². The third-order valence-corrected chi connectivity index (χ3v) is 4.36. The monoisotopic (exact) mass is 278 g/mol. The first kappa shape index (κ1) is 10.4. The van der Waals surface area contributed by atoms with Gasteiger partial charge in [-0.05, 0) is 46.5 Å². The van der Waals surface area contributed by atoms with E-state index in [0.29, 0.717) is 0 Å². The van der Waals surface area contributed by atoms with Gasteiger partial charge >= 0.3 is 0 Å². The molecule has 1 aromatic heterocycles. The van der Waals surface area contributed by atoms with Crippen molar-refractivity contribution < 1.29 is 0 Å². The maximum atomic E-state index is 6.46. The van der Waals surface area contributed by atoms with Gasteiger partial charge in [-0.15, -0.1) is 0 Å². The van der Waals surface area contributed by atoms with Crippen LogP contribution in [0.4, 0.5) is 0 Å². The highest BCUT2D eigenvalue weighted by Crippen LogP contribution is 2.38. The lowest BCUT2D eigenvalue weighted by Gasteiger charge is -2.24. The van der Waals surface area contributed by atoms with Gasteiger partial charge in [-0.25, -0.2) is 0 Å². The molecule has 84 valence electrons. The molecule has 2 aromatic rings. The van der Waals surface area contributed by atoms with Gasteiger partial charge in [0.25, 0.3) is 0 Å². The highest BCUT2D eigenvalue weighted by atomic mass is 79.9. The molecule has 0 spiro atoms. The Morgan fingerprint density at radius 2 is 2.00 bits per heavy atom. The molecule has 1 heterocycles. The van der Waals surface area contributed by atoms with E-state index in [4.69, 9.17) is 5.73 Å². The Morgan fingerprint density at radius 1 is 1.25 bits per heavy atom. The van der Waals surface area contributed by atoms with Gasteiger partial charge in [0, 0.05) is 27.1 Å². The fourth-order valence-electron chi connectivity index (χ4n) is 2.69. The minimum absolute atomic E-state index is 0.0924. The summed E-state index contributed by atoms with van der Waals surface area (Å²) in [5, 5.41) is 1.23. The molecule has 0 aliphatic heterocycles. The molecule has 0 amide bonds. The number of benzene rings is 1. The predicted octanol–water partition coefficient (Wildman–Crippen LogP) is 3.66. The van der Waals surface area contributed by atoms with Crippen LogP contribution < -0.4 is 5.73 Å². The largest absolute Gasteiger partial charge is 0.360 e. The van der Waals surface area contributed by atoms with Gasteiger partial charge in [0.2, 0.25) is 0 Å². The van der Waals surface area contributed by atoms with Gasteiger partial charge in [-0.1, -0.05) is 18.9 Å². The summed E-state index contributed by atoms with van der Waals surface area (Å²) in [7, 11) is 0. The summed E-state index contributed by atoms with van der Waals surface area (Å²) >= 11 is 3.56. The van der Waals surface area contributed by atoms with Crippen LogP contribution in [-0.2, 0) is 5.54 Å². The molecule has 1 aliphatic carbocycles. The highest BCUT2D eigenvalue weighted by Gasteiger charge is 2.31. The summed E-state index contributed by atoms with van der Waals surface area (Å²) in [5.74, 6) is 0. The Morgan fingerprint density at radius 3 is 2.75 bits per heavy atom. The second kappa shape index (κ2) is 3.60. The van der Waals surface area contributed by atoms with E-state index in [9.17, 15) is 0 Å². The van der Waals surface area contributed by atoms with Crippen molar-refractivity contribution in [3.05, 3.63) is 34.4 Å². The van der Waals surface area contributed by atoms with E-state index in [2.05, 4.69) is 39.1 Å². The second-order valence-electron chi connectivity index (χ2n) is 4.76. The number of nitrogens with one attached hydrogen (secondary N) is 1. The number of halogens is 1. The zero-order valence-corrected chi connectivity index (χ0v) is 10.7. The molecule has 1 aromatic carbocycles. The number of aromatic amines is 1. The number of rotatable bonds is 1. The Labute approximate surface area is 103 Å². The van der Waals surface area contributed by atoms with Crippen LogP contribution in [0.3, 0.4) is 0 Å². The highest BCUT2D eigenvalue weighted by molar-refractivity contribution is 9.10. The van der Waals surface area contributed by atoms with Gasteiger partial charge in [-0.3, -0.25) is 0 Å². The van der Waals surface area contributed by atoms with Gasteiger partial charge < -0.3 is 10.7 Å². The van der Waals surface area contributed by atoms with E-state index < -0.39 is 0 Å². The van der Waals surface area contributed by atoms with E-state index in [1.54, 1.807) is 0 Å². The molecule has 0 radical (unpaired) electrons. The first-order valence-corrected chi connectivity index (χ1v) is 6.54. The quantitative estimate of drug-likeness (QED) is 0.821. The molecule has 3 heteroatoms. The lowest BCUT2D eigenvalue weighted by molar-refractivity contribution is 0.462. The van der Waals surface area contributed by atoms with E-state index in [1.165, 1.54) is 23.8 Å². The first-order valence-electron chi connectivity index (χ1n) is 5.75. The zero-order chi connectivity index (χ0) is 11.2. The predicted molar refractivity (Wildman–Crippen MR) is 70.3 cm³/mol. The SMILES string of the molecule is NC1(c2ccc3[nH]cc(Br)c3c2)CCCC1. The van der Waals surface area contributed by atoms with Crippen molar-refractivity contribution in [1.82, 2.24) is 4.98 Å². The summed E-state index contributed by atoms with van der Waals surface area (Å²) in [4.78, 5) is 3.23. The lowest BCUT2D eigenvalue weighted by atomic mass is 9.89. The molecule has 2 nitrogen and oxygen atoms in total. The van der Waals surface area contributed by atoms with E-state index in [1.807, 2.05) is 6.20 Å². The average Bonchev–Trinajstić information content (AvgIpc) is 2.87. The summed E-state index contributed by atoms with van der Waals surface area (Å²) in [5.41, 5.74) is 8.81. The van der Waals surface area contributed by atoms with E-state index >= 15 is 0 Å². The zero-order valence-electron chi connectivity index (χ0n) is 9.09. The fourth-order valence-corrected chi connectivity index (χ4v) is 3.13. The molecule has 0 bridgehead atoms. The van der Waals surface area contributed by atoms with Crippen LogP contribution in [-0.4, -0.2) is 4.98 Å². The van der Waals surface area contributed by atoms with Crippen molar-refractivity contribution in [2.75, 3.05) is 0 Å². The van der Waals surface area contributed by atoms with E-state index in [-0.39, 0.29) is 5.54 Å². The van der Waals surface area contributed by atoms with Gasteiger partial charge in [0.15, 0.2) is 0 Å². The van der Waals surface area contributed by atoms with Crippen LogP contribution in [0.2, 0.25) is 0 Å². The summed E-state index contributed by atoms with van der Waals surface area (Å²) in [6.07, 6.45) is 6.71. The topological polar surface area (TPSA) is 41.8 Å².